The van der Waals surface area contributed by atoms with Crippen LogP contribution < -0.4 is 4.90 Å². The number of hydrogen-bond acceptors (Lipinski definition) is 3. The van der Waals surface area contributed by atoms with E-state index < -0.39 is 23.2 Å². The summed E-state index contributed by atoms with van der Waals surface area (Å²) in [5.74, 6) is -3.18. The maximum absolute atomic E-state index is 13.9. The van der Waals surface area contributed by atoms with Gasteiger partial charge in [-0.05, 0) is 29.8 Å². The molecule has 0 saturated heterocycles. The number of nitrogens with zero attached hydrogens (tertiary/aromatic N) is 2. The molecule has 0 aliphatic heterocycles. The lowest BCUT2D eigenvalue weighted by Crippen LogP contribution is -2.19. The number of hydrogen-bond donors (Lipinski definition) is 1. The summed E-state index contributed by atoms with van der Waals surface area (Å²) in [4.78, 5) is 16.0. The van der Waals surface area contributed by atoms with E-state index in [1.54, 1.807) is 24.5 Å². The summed E-state index contributed by atoms with van der Waals surface area (Å²) in [5.41, 5.74) is 0.163. The molecule has 1 aromatic heterocycles. The molecule has 0 radical (unpaired) electrons. The molecule has 0 amide bonds. The quantitative estimate of drug-likeness (QED) is 0.934. The lowest BCUT2D eigenvalue weighted by atomic mass is 10.1. The van der Waals surface area contributed by atoms with Crippen LogP contribution in [0.1, 0.15) is 15.9 Å². The van der Waals surface area contributed by atoms with E-state index in [2.05, 4.69) is 4.98 Å². The number of carbonyl (C=O) groups is 1. The molecule has 2 rings (SSSR count). The smallest absolute Gasteiger partial charge is 0.335 e. The Bertz CT molecular complexity index is 609. The average molecular weight is 278 g/mol. The van der Waals surface area contributed by atoms with E-state index in [0.717, 1.165) is 17.7 Å². The van der Waals surface area contributed by atoms with Crippen LogP contribution in [0.2, 0.25) is 0 Å². The predicted molar refractivity (Wildman–Crippen MR) is 69.7 cm³/mol. The number of anilines is 1. The Balaban J connectivity index is 2.30. The van der Waals surface area contributed by atoms with Crippen LogP contribution >= 0.6 is 0 Å². The summed E-state index contributed by atoms with van der Waals surface area (Å²) < 4.78 is 27.7. The van der Waals surface area contributed by atoms with Gasteiger partial charge in [-0.25, -0.2) is 13.6 Å². The molecule has 1 heterocycles. The minimum absolute atomic E-state index is 0.258. The maximum Gasteiger partial charge on any atom is 0.335 e. The first kappa shape index (κ1) is 13.9. The lowest BCUT2D eigenvalue weighted by molar-refractivity contribution is 0.0695. The van der Waals surface area contributed by atoms with Gasteiger partial charge in [-0.1, -0.05) is 0 Å². The molecular weight excluding hydrogens is 266 g/mol. The molecule has 0 atom stereocenters. The normalized spacial score (nSPS) is 10.3. The SMILES string of the molecule is CN(Cc1ccncc1)c1c(F)cc(C(=O)O)cc1F. The highest BCUT2D eigenvalue weighted by Crippen LogP contribution is 2.25. The Morgan fingerprint density at radius 1 is 1.25 bits per heavy atom. The van der Waals surface area contributed by atoms with Gasteiger partial charge in [0.15, 0.2) is 0 Å². The van der Waals surface area contributed by atoms with E-state index in [1.807, 2.05) is 0 Å². The van der Waals surface area contributed by atoms with Crippen LogP contribution in [0.4, 0.5) is 14.5 Å². The molecule has 0 spiro atoms. The Morgan fingerprint density at radius 2 is 1.80 bits per heavy atom. The van der Waals surface area contributed by atoms with Crippen LogP contribution in [-0.4, -0.2) is 23.1 Å². The molecule has 1 N–H and O–H groups in total. The van der Waals surface area contributed by atoms with Crippen LogP contribution in [0.3, 0.4) is 0 Å². The molecule has 0 fully saturated rings. The van der Waals surface area contributed by atoms with Crippen molar-refractivity contribution in [3.8, 4) is 0 Å². The molecule has 0 aliphatic carbocycles. The van der Waals surface area contributed by atoms with E-state index in [0.29, 0.717) is 0 Å². The number of benzene rings is 1. The molecule has 0 bridgehead atoms. The summed E-state index contributed by atoms with van der Waals surface area (Å²) in [6.07, 6.45) is 3.17. The molecule has 20 heavy (non-hydrogen) atoms. The number of halogens is 2. The van der Waals surface area contributed by atoms with Gasteiger partial charge in [0.1, 0.15) is 17.3 Å². The van der Waals surface area contributed by atoms with E-state index in [9.17, 15) is 13.6 Å². The van der Waals surface area contributed by atoms with Crippen LogP contribution in [0.25, 0.3) is 0 Å². The summed E-state index contributed by atoms with van der Waals surface area (Å²) >= 11 is 0. The van der Waals surface area contributed by atoms with Crippen molar-refractivity contribution < 1.29 is 18.7 Å². The first-order chi connectivity index (χ1) is 9.49. The fourth-order valence-electron chi connectivity index (χ4n) is 1.89. The highest BCUT2D eigenvalue weighted by atomic mass is 19.1. The molecule has 4 nitrogen and oxygen atoms in total. The highest BCUT2D eigenvalue weighted by Gasteiger charge is 2.17. The maximum atomic E-state index is 13.9. The van der Waals surface area contributed by atoms with Crippen LogP contribution in [-0.2, 0) is 6.54 Å². The predicted octanol–water partition coefficient (Wildman–Crippen LogP) is 2.69. The second kappa shape index (κ2) is 5.64. The van der Waals surface area contributed by atoms with Gasteiger partial charge >= 0.3 is 5.97 Å². The fraction of sp³-hybridized carbons (Fsp3) is 0.143. The zero-order chi connectivity index (χ0) is 14.7. The van der Waals surface area contributed by atoms with Gasteiger partial charge in [0, 0.05) is 26.0 Å². The number of carboxylic acids is 1. The summed E-state index contributed by atoms with van der Waals surface area (Å²) in [6.45, 7) is 0.281. The average Bonchev–Trinajstić information content (AvgIpc) is 2.38. The van der Waals surface area contributed by atoms with Gasteiger partial charge in [-0.15, -0.1) is 0 Å². The van der Waals surface area contributed by atoms with E-state index >= 15 is 0 Å². The van der Waals surface area contributed by atoms with Crippen molar-refractivity contribution in [2.24, 2.45) is 0 Å². The van der Waals surface area contributed by atoms with Crippen LogP contribution in [0.5, 0.6) is 0 Å². The van der Waals surface area contributed by atoms with Crippen molar-refractivity contribution in [2.75, 3.05) is 11.9 Å². The number of aromatic carboxylic acids is 1. The second-order valence-corrected chi connectivity index (χ2v) is 4.31. The Kier molecular flexibility index (Phi) is 3.93. The second-order valence-electron chi connectivity index (χ2n) is 4.31. The summed E-state index contributed by atoms with van der Waals surface area (Å²) in [7, 11) is 1.53. The molecule has 104 valence electrons. The zero-order valence-corrected chi connectivity index (χ0v) is 10.7. The molecule has 2 aromatic rings. The zero-order valence-electron chi connectivity index (χ0n) is 10.7. The van der Waals surface area contributed by atoms with Gasteiger partial charge in [0.2, 0.25) is 0 Å². The van der Waals surface area contributed by atoms with Gasteiger partial charge < -0.3 is 10.0 Å². The first-order valence-electron chi connectivity index (χ1n) is 5.81. The van der Waals surface area contributed by atoms with Gasteiger partial charge in [0.25, 0.3) is 0 Å². The lowest BCUT2D eigenvalue weighted by Gasteiger charge is -2.20. The topological polar surface area (TPSA) is 53.4 Å². The third kappa shape index (κ3) is 2.90. The number of aromatic nitrogens is 1. The van der Waals surface area contributed by atoms with Gasteiger partial charge in [0.05, 0.1) is 5.56 Å². The molecule has 1 aromatic carbocycles. The highest BCUT2D eigenvalue weighted by molar-refractivity contribution is 5.88. The third-order valence-electron chi connectivity index (χ3n) is 2.81. The molecule has 0 unspecified atom stereocenters. The van der Waals surface area contributed by atoms with Crippen molar-refractivity contribution >= 4 is 11.7 Å². The number of pyridine rings is 1. The molecular formula is C14H12F2N2O2. The van der Waals surface area contributed by atoms with Crippen molar-refractivity contribution in [1.29, 1.82) is 0 Å². The van der Waals surface area contributed by atoms with Crippen molar-refractivity contribution in [3.63, 3.8) is 0 Å². The Labute approximate surface area is 114 Å². The minimum Gasteiger partial charge on any atom is -0.478 e. The van der Waals surface area contributed by atoms with Crippen molar-refractivity contribution in [2.45, 2.75) is 6.54 Å². The standard InChI is InChI=1S/C14H12F2N2O2/c1-18(8-9-2-4-17-5-3-9)13-11(15)6-10(14(19)20)7-12(13)16/h2-7H,8H2,1H3,(H,19,20). The van der Waals surface area contributed by atoms with Crippen LogP contribution in [0, 0.1) is 11.6 Å². The van der Waals surface area contributed by atoms with Gasteiger partial charge in [-0.2, -0.15) is 0 Å². The minimum atomic E-state index is -1.37. The molecule has 0 aliphatic rings. The first-order valence-corrected chi connectivity index (χ1v) is 5.81. The summed E-state index contributed by atoms with van der Waals surface area (Å²) in [6, 6.07) is 5.09. The van der Waals surface area contributed by atoms with E-state index in [1.165, 1.54) is 11.9 Å². The van der Waals surface area contributed by atoms with Gasteiger partial charge in [-0.3, -0.25) is 4.98 Å². The monoisotopic (exact) mass is 278 g/mol. The van der Waals surface area contributed by atoms with E-state index in [-0.39, 0.29) is 12.2 Å². The number of rotatable bonds is 4. The fourth-order valence-corrected chi connectivity index (χ4v) is 1.89. The van der Waals surface area contributed by atoms with Crippen LogP contribution in [0.15, 0.2) is 36.7 Å². The summed E-state index contributed by atoms with van der Waals surface area (Å²) in [5, 5.41) is 8.74. The molecule has 6 heteroatoms. The van der Waals surface area contributed by atoms with E-state index in [4.69, 9.17) is 5.11 Å². The largest absolute Gasteiger partial charge is 0.478 e. The third-order valence-corrected chi connectivity index (χ3v) is 2.81. The van der Waals surface area contributed by atoms with Crippen molar-refractivity contribution in [1.82, 2.24) is 4.98 Å². The number of carboxylic acid groups (broad SMARTS) is 1. The Hall–Kier alpha value is -2.50. The van der Waals surface area contributed by atoms with Crippen molar-refractivity contribution in [3.05, 3.63) is 59.4 Å². The molecule has 0 saturated carbocycles. The Morgan fingerprint density at radius 3 is 2.30 bits per heavy atom.